The van der Waals surface area contributed by atoms with Crippen molar-refractivity contribution in [1.82, 2.24) is 0 Å². The van der Waals surface area contributed by atoms with E-state index in [1.807, 2.05) is 0 Å². The van der Waals surface area contributed by atoms with Crippen LogP contribution in [0.5, 0.6) is 0 Å². The summed E-state index contributed by atoms with van der Waals surface area (Å²) in [5, 5.41) is 0. The van der Waals surface area contributed by atoms with Gasteiger partial charge in [0.1, 0.15) is 11.6 Å². The van der Waals surface area contributed by atoms with E-state index in [9.17, 15) is 14.4 Å². The van der Waals surface area contributed by atoms with E-state index in [0.717, 1.165) is 43.2 Å². The minimum absolute atomic E-state index is 0.0428. The first-order valence-electron chi connectivity index (χ1n) is 15.2. The van der Waals surface area contributed by atoms with Crippen molar-refractivity contribution in [2.75, 3.05) is 0 Å². The minimum atomic E-state index is -0.0744. The Labute approximate surface area is 236 Å². The molecule has 0 radical (unpaired) electrons. The van der Waals surface area contributed by atoms with Crippen molar-refractivity contribution in [2.45, 2.75) is 147 Å². The number of aryl methyl sites for hydroxylation is 1. The van der Waals surface area contributed by atoms with E-state index in [0.29, 0.717) is 17.8 Å². The monoisotopic (exact) mass is 528 g/mol. The van der Waals surface area contributed by atoms with Crippen molar-refractivity contribution in [1.29, 1.82) is 0 Å². The third kappa shape index (κ3) is 12.4. The van der Waals surface area contributed by atoms with Crippen molar-refractivity contribution in [3.63, 3.8) is 0 Å². The summed E-state index contributed by atoms with van der Waals surface area (Å²) in [5.74, 6) is 1.14. The lowest BCUT2D eigenvalue weighted by atomic mass is 9.70. The Balaban J connectivity index is 0.00000150. The zero-order chi connectivity index (χ0) is 29.8. The molecule has 0 aliphatic heterocycles. The zero-order valence-corrected chi connectivity index (χ0v) is 27.3. The fraction of sp³-hybridized carbons (Fsp3) is 0.743. The minimum Gasteiger partial charge on any atom is -0.300 e. The molecule has 1 aromatic rings. The quantitative estimate of drug-likeness (QED) is 0.284. The Morgan fingerprint density at radius 3 is 1.95 bits per heavy atom. The van der Waals surface area contributed by atoms with Crippen LogP contribution < -0.4 is 0 Å². The number of hydrogen-bond donors (Lipinski definition) is 0. The van der Waals surface area contributed by atoms with E-state index >= 15 is 0 Å². The molecule has 1 aliphatic rings. The third-order valence-corrected chi connectivity index (χ3v) is 7.00. The molecule has 218 valence electrons. The van der Waals surface area contributed by atoms with Crippen molar-refractivity contribution in [3.8, 4) is 0 Å². The number of Topliss-reactive ketones (excluding diaryl/α,β-unsaturated/α-hetero) is 3. The van der Waals surface area contributed by atoms with Gasteiger partial charge in [-0.05, 0) is 85.5 Å². The van der Waals surface area contributed by atoms with Gasteiger partial charge in [0.15, 0.2) is 5.78 Å². The lowest BCUT2D eigenvalue weighted by Crippen LogP contribution is -2.30. The van der Waals surface area contributed by atoms with Gasteiger partial charge < -0.3 is 0 Å². The topological polar surface area (TPSA) is 51.2 Å². The molecule has 3 unspecified atom stereocenters. The van der Waals surface area contributed by atoms with Crippen LogP contribution in [0.1, 0.15) is 160 Å². The maximum absolute atomic E-state index is 13.2. The molecule has 2 rings (SSSR count). The van der Waals surface area contributed by atoms with Gasteiger partial charge in [0, 0.05) is 17.9 Å². The van der Waals surface area contributed by atoms with Gasteiger partial charge in [-0.15, -0.1) is 0 Å². The maximum atomic E-state index is 13.2. The molecular formula is C35H60O3. The number of benzene rings is 1. The molecule has 1 aromatic carbocycles. The molecule has 38 heavy (non-hydrogen) atoms. The maximum Gasteiger partial charge on any atom is 0.163 e. The second-order valence-corrected chi connectivity index (χ2v) is 13.5. The molecule has 3 atom stereocenters. The summed E-state index contributed by atoms with van der Waals surface area (Å²) in [5.41, 5.74) is 6.34. The van der Waals surface area contributed by atoms with Crippen LogP contribution in [0.2, 0.25) is 0 Å². The molecule has 0 spiro atoms. The molecule has 0 heterocycles. The highest BCUT2D eigenvalue weighted by molar-refractivity contribution is 6.01. The van der Waals surface area contributed by atoms with Gasteiger partial charge in [-0.3, -0.25) is 14.4 Å². The van der Waals surface area contributed by atoms with Crippen molar-refractivity contribution in [2.24, 2.45) is 23.2 Å². The zero-order valence-electron chi connectivity index (χ0n) is 27.3. The van der Waals surface area contributed by atoms with E-state index < -0.39 is 0 Å². The van der Waals surface area contributed by atoms with Gasteiger partial charge in [-0.25, -0.2) is 0 Å². The molecule has 1 aliphatic carbocycles. The third-order valence-electron chi connectivity index (χ3n) is 7.00. The molecule has 0 saturated carbocycles. The Bertz CT molecular complexity index is 895. The second-order valence-electron chi connectivity index (χ2n) is 13.5. The normalized spacial score (nSPS) is 16.5. The smallest absolute Gasteiger partial charge is 0.163 e. The average Bonchev–Trinajstić information content (AvgIpc) is 2.75. The Morgan fingerprint density at radius 2 is 1.53 bits per heavy atom. The number of fused-ring (bicyclic) bond motifs is 1. The molecule has 0 saturated heterocycles. The van der Waals surface area contributed by atoms with Crippen LogP contribution in [0.4, 0.5) is 0 Å². The van der Waals surface area contributed by atoms with Crippen LogP contribution in [-0.4, -0.2) is 17.3 Å². The highest BCUT2D eigenvalue weighted by atomic mass is 16.1. The first-order valence-corrected chi connectivity index (χ1v) is 15.2. The van der Waals surface area contributed by atoms with Crippen LogP contribution in [-0.2, 0) is 16.0 Å². The number of hydrogen-bond acceptors (Lipinski definition) is 3. The van der Waals surface area contributed by atoms with Gasteiger partial charge in [-0.1, -0.05) is 94.6 Å². The van der Waals surface area contributed by atoms with Crippen LogP contribution in [0.15, 0.2) is 6.07 Å². The highest BCUT2D eigenvalue weighted by Gasteiger charge is 2.34. The van der Waals surface area contributed by atoms with Crippen molar-refractivity contribution < 1.29 is 14.4 Å². The summed E-state index contributed by atoms with van der Waals surface area (Å²) in [6, 6.07) is 2.27. The van der Waals surface area contributed by atoms with E-state index in [2.05, 4.69) is 89.2 Å². The van der Waals surface area contributed by atoms with Crippen LogP contribution in [0.25, 0.3) is 0 Å². The molecule has 0 aromatic heterocycles. The Kier molecular flexibility index (Phi) is 16.2. The van der Waals surface area contributed by atoms with Gasteiger partial charge >= 0.3 is 0 Å². The van der Waals surface area contributed by atoms with Gasteiger partial charge in [-0.2, -0.15) is 0 Å². The largest absolute Gasteiger partial charge is 0.300 e. The van der Waals surface area contributed by atoms with Crippen LogP contribution in [0.3, 0.4) is 0 Å². The summed E-state index contributed by atoms with van der Waals surface area (Å²) >= 11 is 0. The van der Waals surface area contributed by atoms with Gasteiger partial charge in [0.2, 0.25) is 0 Å². The summed E-state index contributed by atoms with van der Waals surface area (Å²) in [6.45, 7) is 27.3. The average molecular weight is 529 g/mol. The molecule has 0 fully saturated rings. The Morgan fingerprint density at radius 1 is 1.00 bits per heavy atom. The number of carbonyl (C=O) groups is 3. The molecular weight excluding hydrogens is 468 g/mol. The highest BCUT2D eigenvalue weighted by Crippen LogP contribution is 2.39. The van der Waals surface area contributed by atoms with Crippen molar-refractivity contribution >= 4 is 17.3 Å². The molecule has 3 nitrogen and oxygen atoms in total. The van der Waals surface area contributed by atoms with E-state index in [4.69, 9.17) is 0 Å². The van der Waals surface area contributed by atoms with E-state index in [1.165, 1.54) is 30.0 Å². The van der Waals surface area contributed by atoms with Crippen LogP contribution in [0, 0.1) is 37.0 Å². The van der Waals surface area contributed by atoms with Gasteiger partial charge in [0.25, 0.3) is 0 Å². The van der Waals surface area contributed by atoms with Crippen LogP contribution >= 0.6 is 0 Å². The first-order chi connectivity index (χ1) is 17.5. The van der Waals surface area contributed by atoms with E-state index in [-0.39, 0.29) is 41.5 Å². The van der Waals surface area contributed by atoms with E-state index in [1.54, 1.807) is 0 Å². The standard InChI is InChI=1S/C27H40O3.C5H12.C3H8/c1-8-10-21(22(9-2)25(29)12-18(6)28)13-20-14-24-23(16(3)4)11-17(5)19(7)27(24)26(30)15-20;1-5(2,3)4;1-3-2/h11,16,20-22H,8-10,12-15H2,1-7H3;1-4H3;3H2,1-2H3. The molecule has 3 heteroatoms. The first kappa shape index (κ1) is 36.2. The lowest BCUT2D eigenvalue weighted by molar-refractivity contribution is -0.129. The molecule has 0 bridgehead atoms. The molecule has 0 N–H and O–H groups in total. The fourth-order valence-electron chi connectivity index (χ4n) is 5.48. The SMILES string of the molecule is CC(C)(C)C.CCC.CCCC(CC1CC(=O)c2c(C)c(C)cc(C(C)C)c2C1)C(CC)C(=O)CC(C)=O. The summed E-state index contributed by atoms with van der Waals surface area (Å²) in [6.07, 6.45) is 6.45. The number of ketones is 3. The number of carbonyl (C=O) groups excluding carboxylic acids is 3. The number of rotatable bonds is 10. The fourth-order valence-corrected chi connectivity index (χ4v) is 5.48. The second kappa shape index (κ2) is 17.0. The predicted octanol–water partition coefficient (Wildman–Crippen LogP) is 10.0. The van der Waals surface area contributed by atoms with Gasteiger partial charge in [0.05, 0.1) is 6.42 Å². The predicted molar refractivity (Wildman–Crippen MR) is 164 cm³/mol. The Hall–Kier alpha value is -1.77. The summed E-state index contributed by atoms with van der Waals surface area (Å²) in [7, 11) is 0. The lowest BCUT2D eigenvalue weighted by Gasteiger charge is -2.33. The molecule has 0 amide bonds. The summed E-state index contributed by atoms with van der Waals surface area (Å²) in [4.78, 5) is 37.5. The van der Waals surface area contributed by atoms with Crippen molar-refractivity contribution in [3.05, 3.63) is 33.9 Å². The summed E-state index contributed by atoms with van der Waals surface area (Å²) < 4.78 is 0.